The Morgan fingerprint density at radius 1 is 1.00 bits per heavy atom. The summed E-state index contributed by atoms with van der Waals surface area (Å²) in [6.45, 7) is 1.36. The maximum Gasteiger partial charge on any atom is 0.308 e. The van der Waals surface area contributed by atoms with E-state index in [9.17, 15) is 9.59 Å². The molecule has 4 aromatic rings. The van der Waals surface area contributed by atoms with Gasteiger partial charge in [-0.2, -0.15) is 0 Å². The van der Waals surface area contributed by atoms with Crippen LogP contribution in [0.1, 0.15) is 41.6 Å². The van der Waals surface area contributed by atoms with Crippen molar-refractivity contribution >= 4 is 29.1 Å². The van der Waals surface area contributed by atoms with Crippen molar-refractivity contribution in [2.24, 2.45) is 4.99 Å². The number of para-hydroxylation sites is 2. The SMILES string of the molecule is COc1ccccc1[C@@H]1C2=C(N=c3s/c(=C/c4ccccc4OC(C)=O)c(=O)n31)c1ccccc1CC2. The summed E-state index contributed by atoms with van der Waals surface area (Å²) in [4.78, 5) is 31.3. The topological polar surface area (TPSA) is 69.9 Å². The predicted molar refractivity (Wildman–Crippen MR) is 143 cm³/mol. The Hall–Kier alpha value is -4.23. The van der Waals surface area contributed by atoms with Crippen LogP contribution in [-0.2, 0) is 11.2 Å². The summed E-state index contributed by atoms with van der Waals surface area (Å²) in [6, 6.07) is 23.1. The number of allylic oxidation sites excluding steroid dienone is 1. The zero-order valence-corrected chi connectivity index (χ0v) is 21.2. The van der Waals surface area contributed by atoms with Gasteiger partial charge >= 0.3 is 5.97 Å². The standard InChI is InChI=1S/C30H24N2O4S/c1-18(33)36-24-13-7-4-10-20(24)17-26-29(34)32-28(22-12-6-8-14-25(22)35-2)23-16-15-19-9-3-5-11-21(19)27(23)31-30(32)37-26/h3-14,17,28H,15-16H2,1-2H3/b26-17+/t28-/m1/s1. The van der Waals surface area contributed by atoms with E-state index in [0.29, 0.717) is 20.6 Å². The molecule has 0 amide bonds. The molecule has 3 aromatic carbocycles. The molecular weight excluding hydrogens is 484 g/mol. The van der Waals surface area contributed by atoms with E-state index in [1.165, 1.54) is 23.8 Å². The number of ether oxygens (including phenoxy) is 2. The summed E-state index contributed by atoms with van der Waals surface area (Å²) in [7, 11) is 1.65. The number of carbonyl (C=O) groups excluding carboxylic acids is 1. The highest BCUT2D eigenvalue weighted by Gasteiger charge is 2.34. The number of fused-ring (bicyclic) bond motifs is 3. The minimum atomic E-state index is -0.412. The van der Waals surface area contributed by atoms with Crippen molar-refractivity contribution in [3.8, 4) is 11.5 Å². The maximum atomic E-state index is 14.0. The quantitative estimate of drug-likeness (QED) is 0.305. The zero-order chi connectivity index (χ0) is 25.5. The Labute approximate surface area is 217 Å². The molecule has 1 aromatic heterocycles. The van der Waals surface area contributed by atoms with Gasteiger partial charge in [0.1, 0.15) is 11.5 Å². The Morgan fingerprint density at radius 2 is 1.73 bits per heavy atom. The summed E-state index contributed by atoms with van der Waals surface area (Å²) < 4.78 is 13.4. The number of thiazole rings is 1. The van der Waals surface area contributed by atoms with E-state index >= 15 is 0 Å². The molecule has 2 aliphatic rings. The van der Waals surface area contributed by atoms with E-state index in [1.54, 1.807) is 29.9 Å². The highest BCUT2D eigenvalue weighted by Crippen LogP contribution is 2.43. The number of nitrogens with zero attached hydrogens (tertiary/aromatic N) is 2. The van der Waals surface area contributed by atoms with Crippen molar-refractivity contribution in [3.63, 3.8) is 0 Å². The van der Waals surface area contributed by atoms with Crippen LogP contribution in [0.2, 0.25) is 0 Å². The molecule has 0 saturated heterocycles. The number of methoxy groups -OCH3 is 1. The van der Waals surface area contributed by atoms with Gasteiger partial charge in [-0.25, -0.2) is 4.99 Å². The Bertz CT molecular complexity index is 1760. The summed E-state index contributed by atoms with van der Waals surface area (Å²) in [5.41, 5.74) is 5.88. The lowest BCUT2D eigenvalue weighted by molar-refractivity contribution is -0.131. The van der Waals surface area contributed by atoms with Crippen LogP contribution in [0.4, 0.5) is 0 Å². The lowest BCUT2D eigenvalue weighted by atomic mass is 9.83. The molecule has 0 N–H and O–H groups in total. The first-order valence-electron chi connectivity index (χ1n) is 12.1. The summed E-state index contributed by atoms with van der Waals surface area (Å²) in [5, 5.41) is 0. The number of carbonyl (C=O) groups is 1. The van der Waals surface area contributed by atoms with Gasteiger partial charge in [-0.1, -0.05) is 72.0 Å². The molecule has 7 heteroatoms. The first kappa shape index (κ1) is 23.2. The Balaban J connectivity index is 1.62. The van der Waals surface area contributed by atoms with Crippen LogP contribution in [0, 0.1) is 0 Å². The van der Waals surface area contributed by atoms with Crippen LogP contribution in [0.3, 0.4) is 0 Å². The molecule has 0 fully saturated rings. The largest absolute Gasteiger partial charge is 0.496 e. The van der Waals surface area contributed by atoms with Gasteiger partial charge in [0.25, 0.3) is 5.56 Å². The van der Waals surface area contributed by atoms with Gasteiger partial charge in [-0.15, -0.1) is 0 Å². The van der Waals surface area contributed by atoms with Crippen LogP contribution in [0.15, 0.2) is 88.2 Å². The van der Waals surface area contributed by atoms with E-state index < -0.39 is 5.97 Å². The first-order valence-corrected chi connectivity index (χ1v) is 12.9. The molecule has 0 saturated carbocycles. The van der Waals surface area contributed by atoms with E-state index in [2.05, 4.69) is 18.2 Å². The molecule has 6 rings (SSSR count). The monoisotopic (exact) mass is 508 g/mol. The van der Waals surface area contributed by atoms with Crippen molar-refractivity contribution in [2.45, 2.75) is 25.8 Å². The number of aryl methyl sites for hydroxylation is 1. The fourth-order valence-corrected chi connectivity index (χ4v) is 6.17. The second-order valence-corrected chi connectivity index (χ2v) is 10.00. The van der Waals surface area contributed by atoms with Gasteiger partial charge < -0.3 is 9.47 Å². The predicted octanol–water partition coefficient (Wildman–Crippen LogP) is 4.25. The number of esters is 1. The molecule has 0 spiro atoms. The molecule has 0 bridgehead atoms. The Morgan fingerprint density at radius 3 is 2.54 bits per heavy atom. The first-order chi connectivity index (χ1) is 18.0. The minimum Gasteiger partial charge on any atom is -0.496 e. The van der Waals surface area contributed by atoms with Crippen molar-refractivity contribution < 1.29 is 14.3 Å². The van der Waals surface area contributed by atoms with Crippen molar-refractivity contribution in [1.29, 1.82) is 0 Å². The molecule has 2 heterocycles. The molecule has 0 radical (unpaired) electrons. The van der Waals surface area contributed by atoms with Gasteiger partial charge in [0.05, 0.1) is 23.4 Å². The summed E-state index contributed by atoms with van der Waals surface area (Å²) in [6.07, 6.45) is 3.46. The third kappa shape index (κ3) is 4.01. The number of benzene rings is 3. The summed E-state index contributed by atoms with van der Waals surface area (Å²) in [5.74, 6) is 0.732. The molecule has 184 valence electrons. The number of hydrogen-bond acceptors (Lipinski definition) is 6. The zero-order valence-electron chi connectivity index (χ0n) is 20.4. The third-order valence-electron chi connectivity index (χ3n) is 6.77. The average molecular weight is 509 g/mol. The fraction of sp³-hybridized carbons (Fsp3) is 0.167. The van der Waals surface area contributed by atoms with E-state index in [-0.39, 0.29) is 11.6 Å². The lowest BCUT2D eigenvalue weighted by Crippen LogP contribution is -2.39. The minimum absolute atomic E-state index is 0.136. The second-order valence-electron chi connectivity index (χ2n) is 8.99. The Kier molecular flexibility index (Phi) is 5.85. The fourth-order valence-electron chi connectivity index (χ4n) is 5.18. The number of aromatic nitrogens is 1. The third-order valence-corrected chi connectivity index (χ3v) is 7.75. The number of hydrogen-bond donors (Lipinski definition) is 0. The van der Waals surface area contributed by atoms with Gasteiger partial charge in [0, 0.05) is 23.6 Å². The summed E-state index contributed by atoms with van der Waals surface area (Å²) >= 11 is 1.34. The van der Waals surface area contributed by atoms with E-state index in [0.717, 1.165) is 41.0 Å². The molecule has 0 unspecified atom stereocenters. The van der Waals surface area contributed by atoms with Crippen molar-refractivity contribution in [3.05, 3.63) is 120 Å². The maximum absolute atomic E-state index is 14.0. The van der Waals surface area contributed by atoms with Crippen LogP contribution in [0.5, 0.6) is 11.5 Å². The van der Waals surface area contributed by atoms with E-state index in [4.69, 9.17) is 14.5 Å². The molecule has 6 nitrogen and oxygen atoms in total. The average Bonchev–Trinajstić information content (AvgIpc) is 3.22. The molecule has 1 aliphatic carbocycles. The highest BCUT2D eigenvalue weighted by molar-refractivity contribution is 7.07. The van der Waals surface area contributed by atoms with Crippen LogP contribution < -0.4 is 24.4 Å². The highest BCUT2D eigenvalue weighted by atomic mass is 32.1. The van der Waals surface area contributed by atoms with Crippen LogP contribution >= 0.6 is 11.3 Å². The van der Waals surface area contributed by atoms with E-state index in [1.807, 2.05) is 42.5 Å². The van der Waals surface area contributed by atoms with Crippen molar-refractivity contribution in [2.75, 3.05) is 7.11 Å². The van der Waals surface area contributed by atoms with Crippen LogP contribution in [-0.4, -0.2) is 17.6 Å². The smallest absolute Gasteiger partial charge is 0.308 e. The lowest BCUT2D eigenvalue weighted by Gasteiger charge is -2.31. The normalized spacial score (nSPS) is 16.4. The second kappa shape index (κ2) is 9.33. The van der Waals surface area contributed by atoms with Crippen molar-refractivity contribution in [1.82, 2.24) is 4.57 Å². The molecule has 1 atom stereocenters. The van der Waals surface area contributed by atoms with Gasteiger partial charge in [-0.05, 0) is 42.2 Å². The van der Waals surface area contributed by atoms with Gasteiger partial charge in [0.15, 0.2) is 4.80 Å². The molecule has 37 heavy (non-hydrogen) atoms. The molecular formula is C30H24N2O4S. The van der Waals surface area contributed by atoms with Crippen LogP contribution in [0.25, 0.3) is 11.8 Å². The number of rotatable bonds is 4. The molecule has 1 aliphatic heterocycles. The van der Waals surface area contributed by atoms with Gasteiger partial charge in [0.2, 0.25) is 0 Å². The van der Waals surface area contributed by atoms with Gasteiger partial charge in [-0.3, -0.25) is 14.2 Å².